The van der Waals surface area contributed by atoms with E-state index in [1.807, 2.05) is 10.7 Å². The zero-order chi connectivity index (χ0) is 22.0. The fourth-order valence-corrected chi connectivity index (χ4v) is 5.22. The molecule has 1 aromatic carbocycles. The Morgan fingerprint density at radius 1 is 1.23 bits per heavy atom. The highest BCUT2D eigenvalue weighted by Crippen LogP contribution is 2.33. The van der Waals surface area contributed by atoms with E-state index in [1.54, 1.807) is 12.1 Å². The van der Waals surface area contributed by atoms with E-state index in [-0.39, 0.29) is 0 Å². The van der Waals surface area contributed by atoms with Gasteiger partial charge in [0.15, 0.2) is 0 Å². The number of ether oxygens (including phenoxy) is 1. The molecule has 1 aromatic heterocycles. The van der Waals surface area contributed by atoms with Crippen molar-refractivity contribution in [3.63, 3.8) is 0 Å². The summed E-state index contributed by atoms with van der Waals surface area (Å²) in [7, 11) is -3.30. The van der Waals surface area contributed by atoms with Gasteiger partial charge < -0.3 is 4.74 Å². The van der Waals surface area contributed by atoms with E-state index in [1.165, 1.54) is 10.6 Å². The fourth-order valence-electron chi connectivity index (χ4n) is 4.26. The molecule has 31 heavy (non-hydrogen) atoms. The third-order valence-corrected chi connectivity index (χ3v) is 7.39. The van der Waals surface area contributed by atoms with Crippen LogP contribution in [-0.2, 0) is 34.3 Å². The smallest absolute Gasteiger partial charge is 0.211 e. The molecule has 9 heteroatoms. The minimum absolute atomic E-state index is 0.305. The zero-order valence-electron chi connectivity index (χ0n) is 17.7. The number of morpholine rings is 1. The predicted molar refractivity (Wildman–Crippen MR) is 121 cm³/mol. The second-order valence-electron chi connectivity index (χ2n) is 7.99. The van der Waals surface area contributed by atoms with Gasteiger partial charge in [0, 0.05) is 73.1 Å². The molecule has 0 atom stereocenters. The highest BCUT2D eigenvalue weighted by atomic mass is 35.5. The lowest BCUT2D eigenvalue weighted by Crippen LogP contribution is -2.37. The molecule has 0 N–H and O–H groups in total. The second kappa shape index (κ2) is 9.31. The molecule has 2 aliphatic heterocycles. The first kappa shape index (κ1) is 22.3. The first-order chi connectivity index (χ1) is 14.9. The molecule has 0 radical (unpaired) electrons. The molecule has 4 rings (SSSR count). The number of hydrogen-bond acceptors (Lipinski definition) is 5. The Hall–Kier alpha value is -1.89. The number of hydrogen-bond donors (Lipinski definition) is 0. The van der Waals surface area contributed by atoms with Crippen molar-refractivity contribution in [2.75, 3.05) is 45.6 Å². The molecule has 2 aromatic rings. The lowest BCUT2D eigenvalue weighted by molar-refractivity contribution is 0.0368. The SMILES string of the molecule is C#Cc1cc(Cl)ccc1-c1nn(CCCN2CCOCC2)c2c1CN(S(C)(=O)=O)CC2. The molecule has 3 heterocycles. The van der Waals surface area contributed by atoms with E-state index in [2.05, 4.69) is 10.8 Å². The molecule has 0 aliphatic carbocycles. The van der Waals surface area contributed by atoms with E-state index < -0.39 is 10.0 Å². The third-order valence-electron chi connectivity index (χ3n) is 5.91. The Morgan fingerprint density at radius 3 is 2.71 bits per heavy atom. The Balaban J connectivity index is 1.65. The minimum Gasteiger partial charge on any atom is -0.379 e. The van der Waals surface area contributed by atoms with Crippen molar-refractivity contribution in [1.29, 1.82) is 0 Å². The number of aryl methyl sites for hydroxylation is 1. The molecule has 7 nitrogen and oxygen atoms in total. The van der Waals surface area contributed by atoms with Gasteiger partial charge in [-0.2, -0.15) is 9.40 Å². The fraction of sp³-hybridized carbons (Fsp3) is 0.500. The Kier molecular flexibility index (Phi) is 6.70. The standard InChI is InChI=1S/C22H27ClN4O3S/c1-3-17-15-18(23)5-6-19(17)22-20-16-26(31(2,28)29)10-7-21(20)27(24-22)9-4-8-25-11-13-30-14-12-25/h1,5-6,15H,4,7-14,16H2,2H3. The van der Waals surface area contributed by atoms with E-state index >= 15 is 0 Å². The van der Waals surface area contributed by atoms with Crippen molar-refractivity contribution in [2.24, 2.45) is 0 Å². The Morgan fingerprint density at radius 2 is 2.00 bits per heavy atom. The van der Waals surface area contributed by atoms with Gasteiger partial charge in [0.05, 0.1) is 25.2 Å². The minimum atomic E-state index is -3.30. The first-order valence-corrected chi connectivity index (χ1v) is 12.7. The molecule has 0 amide bonds. The van der Waals surface area contributed by atoms with Crippen molar-refractivity contribution in [1.82, 2.24) is 19.0 Å². The van der Waals surface area contributed by atoms with Gasteiger partial charge in [0.1, 0.15) is 0 Å². The number of nitrogens with zero attached hydrogens (tertiary/aromatic N) is 4. The summed E-state index contributed by atoms with van der Waals surface area (Å²) in [6.45, 7) is 6.02. The van der Waals surface area contributed by atoms with Gasteiger partial charge in [-0.1, -0.05) is 17.5 Å². The molecule has 0 spiro atoms. The largest absolute Gasteiger partial charge is 0.379 e. The average molecular weight is 463 g/mol. The van der Waals surface area contributed by atoms with Crippen LogP contribution in [0.1, 0.15) is 23.2 Å². The summed E-state index contributed by atoms with van der Waals surface area (Å²) in [6, 6.07) is 5.41. The lowest BCUT2D eigenvalue weighted by Gasteiger charge is -2.27. The summed E-state index contributed by atoms with van der Waals surface area (Å²) in [6.07, 6.45) is 8.58. The number of sulfonamides is 1. The topological polar surface area (TPSA) is 67.7 Å². The molecule has 0 saturated carbocycles. The highest BCUT2D eigenvalue weighted by molar-refractivity contribution is 7.88. The van der Waals surface area contributed by atoms with E-state index in [4.69, 9.17) is 27.9 Å². The summed E-state index contributed by atoms with van der Waals surface area (Å²) in [4.78, 5) is 2.40. The second-order valence-corrected chi connectivity index (χ2v) is 10.4. The lowest BCUT2D eigenvalue weighted by atomic mass is 9.98. The van der Waals surface area contributed by atoms with Gasteiger partial charge in [0.25, 0.3) is 0 Å². The molecule has 2 aliphatic rings. The van der Waals surface area contributed by atoms with E-state index in [9.17, 15) is 8.42 Å². The molecule has 1 fully saturated rings. The number of halogens is 1. The van der Waals surface area contributed by atoms with Gasteiger partial charge in [-0.25, -0.2) is 8.42 Å². The monoisotopic (exact) mass is 462 g/mol. The van der Waals surface area contributed by atoms with Gasteiger partial charge in [-0.3, -0.25) is 9.58 Å². The number of fused-ring (bicyclic) bond motifs is 1. The van der Waals surface area contributed by atoms with Crippen LogP contribution in [0, 0.1) is 12.3 Å². The van der Waals surface area contributed by atoms with Crippen LogP contribution in [0.4, 0.5) is 0 Å². The number of terminal acetylenes is 1. The van der Waals surface area contributed by atoms with Crippen LogP contribution in [0.5, 0.6) is 0 Å². The van der Waals surface area contributed by atoms with Crippen LogP contribution >= 0.6 is 11.6 Å². The number of aromatic nitrogens is 2. The quantitative estimate of drug-likeness (QED) is 0.616. The summed E-state index contributed by atoms with van der Waals surface area (Å²) >= 11 is 6.13. The van der Waals surface area contributed by atoms with Crippen LogP contribution in [0.3, 0.4) is 0 Å². The van der Waals surface area contributed by atoms with Crippen molar-refractivity contribution < 1.29 is 13.2 Å². The normalized spacial score (nSPS) is 18.0. The maximum absolute atomic E-state index is 12.2. The number of benzene rings is 1. The first-order valence-electron chi connectivity index (χ1n) is 10.5. The summed E-state index contributed by atoms with van der Waals surface area (Å²) in [5.41, 5.74) is 4.24. The summed E-state index contributed by atoms with van der Waals surface area (Å²) in [5, 5.41) is 5.48. The van der Waals surface area contributed by atoms with Gasteiger partial charge in [-0.15, -0.1) is 6.42 Å². The van der Waals surface area contributed by atoms with E-state index in [0.717, 1.165) is 68.3 Å². The van der Waals surface area contributed by atoms with Crippen molar-refractivity contribution in [3.05, 3.63) is 40.0 Å². The maximum Gasteiger partial charge on any atom is 0.211 e. The average Bonchev–Trinajstić information content (AvgIpc) is 3.11. The van der Waals surface area contributed by atoms with Crippen LogP contribution in [0.25, 0.3) is 11.3 Å². The van der Waals surface area contributed by atoms with Gasteiger partial charge in [0.2, 0.25) is 10.0 Å². The van der Waals surface area contributed by atoms with Crippen molar-refractivity contribution in [3.8, 4) is 23.6 Å². The number of rotatable bonds is 6. The Bertz CT molecular complexity index is 1100. The Labute approximate surface area is 189 Å². The predicted octanol–water partition coefficient (Wildman–Crippen LogP) is 2.22. The highest BCUT2D eigenvalue weighted by Gasteiger charge is 2.30. The maximum atomic E-state index is 12.2. The van der Waals surface area contributed by atoms with Crippen LogP contribution < -0.4 is 0 Å². The zero-order valence-corrected chi connectivity index (χ0v) is 19.3. The van der Waals surface area contributed by atoms with Crippen molar-refractivity contribution in [2.45, 2.75) is 25.9 Å². The van der Waals surface area contributed by atoms with Crippen molar-refractivity contribution >= 4 is 21.6 Å². The van der Waals surface area contributed by atoms with Crippen LogP contribution in [0.2, 0.25) is 5.02 Å². The molecular weight excluding hydrogens is 436 g/mol. The van der Waals surface area contributed by atoms with Gasteiger partial charge in [-0.05, 0) is 24.6 Å². The third kappa shape index (κ3) is 4.97. The molecule has 0 bridgehead atoms. The van der Waals surface area contributed by atoms with Crippen LogP contribution in [0.15, 0.2) is 18.2 Å². The molecular formula is C22H27ClN4O3S. The van der Waals surface area contributed by atoms with E-state index in [0.29, 0.717) is 30.1 Å². The van der Waals surface area contributed by atoms with Gasteiger partial charge >= 0.3 is 0 Å². The molecule has 166 valence electrons. The van der Waals surface area contributed by atoms with Crippen LogP contribution in [-0.4, -0.2) is 73.1 Å². The molecule has 0 unspecified atom stereocenters. The summed E-state index contributed by atoms with van der Waals surface area (Å²) in [5.74, 6) is 2.69. The summed E-state index contributed by atoms with van der Waals surface area (Å²) < 4.78 is 33.4. The molecule has 1 saturated heterocycles.